The second kappa shape index (κ2) is 21.0. The Morgan fingerprint density at radius 3 is 1.31 bits per heavy atom. The SMILES string of the molecule is C=CCN(C)C(CCCCCCCCCC)CCCCCCCCCC. The number of unbranched alkanes of at least 4 members (excludes halogenated alkanes) is 14. The van der Waals surface area contributed by atoms with Gasteiger partial charge in [-0.05, 0) is 19.9 Å². The molecule has 0 radical (unpaired) electrons. The highest BCUT2D eigenvalue weighted by atomic mass is 15.1. The van der Waals surface area contributed by atoms with Gasteiger partial charge in [0.25, 0.3) is 0 Å². The van der Waals surface area contributed by atoms with E-state index >= 15 is 0 Å². The molecular formula is C25H51N. The minimum atomic E-state index is 0.771. The molecule has 0 heterocycles. The average Bonchev–Trinajstić information content (AvgIpc) is 2.64. The Morgan fingerprint density at radius 1 is 0.615 bits per heavy atom. The molecule has 0 rings (SSSR count). The third-order valence-corrected chi connectivity index (χ3v) is 5.82. The van der Waals surface area contributed by atoms with Crippen molar-refractivity contribution < 1.29 is 0 Å². The van der Waals surface area contributed by atoms with E-state index in [1.54, 1.807) is 0 Å². The average molecular weight is 366 g/mol. The van der Waals surface area contributed by atoms with Crippen LogP contribution in [0, 0.1) is 0 Å². The zero-order valence-corrected chi connectivity index (χ0v) is 18.7. The topological polar surface area (TPSA) is 3.24 Å². The first-order chi connectivity index (χ1) is 12.8. The molecule has 1 nitrogen and oxygen atoms in total. The smallest absolute Gasteiger partial charge is 0.0160 e. The summed E-state index contributed by atoms with van der Waals surface area (Å²) in [7, 11) is 2.29. The lowest BCUT2D eigenvalue weighted by atomic mass is 9.98. The van der Waals surface area contributed by atoms with Crippen LogP contribution in [0.5, 0.6) is 0 Å². The Kier molecular flexibility index (Phi) is 20.8. The number of rotatable bonds is 21. The van der Waals surface area contributed by atoms with Gasteiger partial charge in [-0.15, -0.1) is 6.58 Å². The van der Waals surface area contributed by atoms with Crippen molar-refractivity contribution in [1.29, 1.82) is 0 Å². The number of hydrogen-bond acceptors (Lipinski definition) is 1. The monoisotopic (exact) mass is 365 g/mol. The summed E-state index contributed by atoms with van der Waals surface area (Å²) in [5, 5.41) is 0. The molecule has 0 N–H and O–H groups in total. The zero-order valence-electron chi connectivity index (χ0n) is 18.7. The second-order valence-electron chi connectivity index (χ2n) is 8.41. The third kappa shape index (κ3) is 17.1. The summed E-state index contributed by atoms with van der Waals surface area (Å²) in [5.74, 6) is 0. The van der Waals surface area contributed by atoms with Crippen molar-refractivity contribution in [2.24, 2.45) is 0 Å². The van der Waals surface area contributed by atoms with Crippen molar-refractivity contribution in [1.82, 2.24) is 4.90 Å². The molecule has 0 aliphatic carbocycles. The Hall–Kier alpha value is -0.300. The summed E-state index contributed by atoms with van der Waals surface area (Å²) in [5.41, 5.74) is 0. The number of nitrogens with zero attached hydrogens (tertiary/aromatic N) is 1. The van der Waals surface area contributed by atoms with E-state index in [2.05, 4.69) is 38.5 Å². The molecule has 0 aromatic rings. The van der Waals surface area contributed by atoms with E-state index in [-0.39, 0.29) is 0 Å². The van der Waals surface area contributed by atoms with Gasteiger partial charge in [0.1, 0.15) is 0 Å². The molecule has 0 amide bonds. The maximum Gasteiger partial charge on any atom is 0.0160 e. The quantitative estimate of drug-likeness (QED) is 0.145. The fourth-order valence-electron chi connectivity index (χ4n) is 3.97. The lowest BCUT2D eigenvalue weighted by Gasteiger charge is -2.27. The van der Waals surface area contributed by atoms with Gasteiger partial charge in [-0.2, -0.15) is 0 Å². The molecule has 0 unspecified atom stereocenters. The van der Waals surface area contributed by atoms with Gasteiger partial charge < -0.3 is 0 Å². The van der Waals surface area contributed by atoms with Crippen LogP contribution in [0.25, 0.3) is 0 Å². The molecule has 0 aromatic heterocycles. The fraction of sp³-hybridized carbons (Fsp3) is 0.920. The molecule has 0 atom stereocenters. The van der Waals surface area contributed by atoms with Crippen LogP contribution < -0.4 is 0 Å². The third-order valence-electron chi connectivity index (χ3n) is 5.82. The predicted molar refractivity (Wildman–Crippen MR) is 121 cm³/mol. The highest BCUT2D eigenvalue weighted by Crippen LogP contribution is 2.18. The van der Waals surface area contributed by atoms with Crippen molar-refractivity contribution in [2.75, 3.05) is 13.6 Å². The van der Waals surface area contributed by atoms with Crippen LogP contribution in [0.2, 0.25) is 0 Å². The van der Waals surface area contributed by atoms with Crippen molar-refractivity contribution >= 4 is 0 Å². The zero-order chi connectivity index (χ0) is 19.3. The lowest BCUT2D eigenvalue weighted by Crippen LogP contribution is -2.31. The van der Waals surface area contributed by atoms with E-state index in [0.29, 0.717) is 0 Å². The fourth-order valence-corrected chi connectivity index (χ4v) is 3.97. The summed E-state index contributed by atoms with van der Waals surface area (Å²) in [4.78, 5) is 2.54. The summed E-state index contributed by atoms with van der Waals surface area (Å²) >= 11 is 0. The highest BCUT2D eigenvalue weighted by Gasteiger charge is 2.13. The first-order valence-corrected chi connectivity index (χ1v) is 12.1. The molecule has 0 spiro atoms. The van der Waals surface area contributed by atoms with Crippen LogP contribution in [0.15, 0.2) is 12.7 Å². The van der Waals surface area contributed by atoms with E-state index in [9.17, 15) is 0 Å². The lowest BCUT2D eigenvalue weighted by molar-refractivity contribution is 0.229. The van der Waals surface area contributed by atoms with Gasteiger partial charge in [0.15, 0.2) is 0 Å². The minimum absolute atomic E-state index is 0.771. The van der Waals surface area contributed by atoms with E-state index in [4.69, 9.17) is 0 Å². The standard InChI is InChI=1S/C25H51N/c1-5-8-10-12-14-16-18-20-22-25(26(4)24-7-3)23-21-19-17-15-13-11-9-6-2/h7,25H,3,5-6,8-24H2,1-2,4H3. The largest absolute Gasteiger partial charge is 0.300 e. The Labute approximate surface area is 167 Å². The minimum Gasteiger partial charge on any atom is -0.300 e. The second-order valence-corrected chi connectivity index (χ2v) is 8.41. The Balaban J connectivity index is 3.76. The molecule has 0 saturated heterocycles. The van der Waals surface area contributed by atoms with Crippen LogP contribution in [0.4, 0.5) is 0 Å². The van der Waals surface area contributed by atoms with E-state index in [0.717, 1.165) is 12.6 Å². The van der Waals surface area contributed by atoms with Gasteiger partial charge in [0.05, 0.1) is 0 Å². The molecule has 1 heteroatoms. The Bertz CT molecular complexity index is 253. The number of hydrogen-bond donors (Lipinski definition) is 0. The van der Waals surface area contributed by atoms with Crippen molar-refractivity contribution in [3.05, 3.63) is 12.7 Å². The molecular weight excluding hydrogens is 314 g/mol. The maximum absolute atomic E-state index is 3.93. The van der Waals surface area contributed by atoms with Crippen LogP contribution in [-0.2, 0) is 0 Å². The van der Waals surface area contributed by atoms with Gasteiger partial charge in [0.2, 0.25) is 0 Å². The molecule has 0 saturated carbocycles. The molecule has 26 heavy (non-hydrogen) atoms. The highest BCUT2D eigenvalue weighted by molar-refractivity contribution is 4.77. The van der Waals surface area contributed by atoms with E-state index in [1.165, 1.54) is 116 Å². The van der Waals surface area contributed by atoms with Crippen LogP contribution in [0.3, 0.4) is 0 Å². The summed E-state index contributed by atoms with van der Waals surface area (Å²) in [6.45, 7) is 9.57. The van der Waals surface area contributed by atoms with Gasteiger partial charge >= 0.3 is 0 Å². The van der Waals surface area contributed by atoms with E-state index in [1.807, 2.05) is 0 Å². The van der Waals surface area contributed by atoms with Crippen molar-refractivity contribution in [3.63, 3.8) is 0 Å². The molecule has 0 aliphatic rings. The van der Waals surface area contributed by atoms with Gasteiger partial charge in [0, 0.05) is 12.6 Å². The van der Waals surface area contributed by atoms with Gasteiger partial charge in [-0.3, -0.25) is 4.90 Å². The number of likely N-dealkylation sites (N-methyl/N-ethyl adjacent to an activating group) is 1. The van der Waals surface area contributed by atoms with Crippen LogP contribution in [0.1, 0.15) is 129 Å². The first kappa shape index (κ1) is 25.7. The van der Waals surface area contributed by atoms with Gasteiger partial charge in [-0.1, -0.05) is 123 Å². The van der Waals surface area contributed by atoms with E-state index < -0.39 is 0 Å². The molecule has 0 fully saturated rings. The molecule has 0 aliphatic heterocycles. The first-order valence-electron chi connectivity index (χ1n) is 12.1. The Morgan fingerprint density at radius 2 is 0.962 bits per heavy atom. The van der Waals surface area contributed by atoms with Crippen LogP contribution in [-0.4, -0.2) is 24.5 Å². The summed E-state index contributed by atoms with van der Waals surface area (Å²) < 4.78 is 0. The van der Waals surface area contributed by atoms with Crippen LogP contribution >= 0.6 is 0 Å². The molecule has 0 aromatic carbocycles. The van der Waals surface area contributed by atoms with Crippen molar-refractivity contribution in [3.8, 4) is 0 Å². The molecule has 156 valence electrons. The van der Waals surface area contributed by atoms with Crippen molar-refractivity contribution in [2.45, 2.75) is 135 Å². The van der Waals surface area contributed by atoms with Gasteiger partial charge in [-0.25, -0.2) is 0 Å². The predicted octanol–water partition coefficient (Wildman–Crippen LogP) is 8.53. The normalized spacial score (nSPS) is 11.6. The summed E-state index contributed by atoms with van der Waals surface area (Å²) in [6.07, 6.45) is 27.7. The molecule has 0 bridgehead atoms. The maximum atomic E-state index is 3.93. The summed E-state index contributed by atoms with van der Waals surface area (Å²) in [6, 6.07) is 0.771.